The van der Waals surface area contributed by atoms with E-state index in [9.17, 15) is 13.2 Å². The Balaban J connectivity index is 4.52. The lowest BCUT2D eigenvalue weighted by Crippen LogP contribution is -2.44. The summed E-state index contributed by atoms with van der Waals surface area (Å²) in [4.78, 5) is 10.5. The standard InChI is InChI=1S/C8H17NO5S/c1-6(7(10)11)9-15(12,13)5-8(2,3)14-4/h6,9H,5H2,1-4H3,(H,10,11). The lowest BCUT2D eigenvalue weighted by Gasteiger charge is -2.23. The maximum absolute atomic E-state index is 11.5. The van der Waals surface area contributed by atoms with E-state index in [1.54, 1.807) is 13.8 Å². The number of sulfonamides is 1. The van der Waals surface area contributed by atoms with Crippen LogP contribution in [0.5, 0.6) is 0 Å². The van der Waals surface area contributed by atoms with Gasteiger partial charge in [-0.3, -0.25) is 4.79 Å². The topological polar surface area (TPSA) is 92.7 Å². The highest BCUT2D eigenvalue weighted by Crippen LogP contribution is 2.10. The number of hydrogen-bond acceptors (Lipinski definition) is 4. The van der Waals surface area contributed by atoms with E-state index in [4.69, 9.17) is 9.84 Å². The molecule has 0 saturated heterocycles. The number of nitrogens with one attached hydrogen (secondary N) is 1. The molecule has 0 aromatic rings. The number of carboxylic acids is 1. The zero-order valence-electron chi connectivity index (χ0n) is 9.27. The van der Waals surface area contributed by atoms with Crippen LogP contribution in [0.3, 0.4) is 0 Å². The minimum Gasteiger partial charge on any atom is -0.480 e. The van der Waals surface area contributed by atoms with Gasteiger partial charge in [0.05, 0.1) is 11.4 Å². The van der Waals surface area contributed by atoms with Gasteiger partial charge in [0, 0.05) is 7.11 Å². The number of rotatable bonds is 6. The number of methoxy groups -OCH3 is 1. The Bertz CT molecular complexity index is 322. The first-order valence-corrected chi connectivity index (χ1v) is 6.03. The summed E-state index contributed by atoms with van der Waals surface area (Å²) in [5.74, 6) is -1.50. The van der Waals surface area contributed by atoms with E-state index >= 15 is 0 Å². The second kappa shape index (κ2) is 4.91. The Morgan fingerprint density at radius 1 is 1.53 bits per heavy atom. The van der Waals surface area contributed by atoms with Gasteiger partial charge in [-0.15, -0.1) is 0 Å². The molecule has 0 radical (unpaired) electrons. The third-order valence-corrected chi connectivity index (χ3v) is 3.60. The number of aliphatic carboxylic acids is 1. The number of carboxylic acid groups (broad SMARTS) is 1. The highest BCUT2D eigenvalue weighted by Gasteiger charge is 2.28. The van der Waals surface area contributed by atoms with Crippen molar-refractivity contribution in [2.75, 3.05) is 12.9 Å². The van der Waals surface area contributed by atoms with Crippen LogP contribution in [0.15, 0.2) is 0 Å². The molecule has 1 unspecified atom stereocenters. The zero-order valence-corrected chi connectivity index (χ0v) is 10.1. The third kappa shape index (κ3) is 5.71. The first-order chi connectivity index (χ1) is 6.59. The molecule has 0 aliphatic rings. The average molecular weight is 239 g/mol. The van der Waals surface area contributed by atoms with Gasteiger partial charge < -0.3 is 9.84 Å². The molecule has 0 heterocycles. The Morgan fingerprint density at radius 2 is 2.00 bits per heavy atom. The van der Waals surface area contributed by atoms with Crippen LogP contribution in [0.25, 0.3) is 0 Å². The summed E-state index contributed by atoms with van der Waals surface area (Å²) >= 11 is 0. The number of ether oxygens (including phenoxy) is 1. The molecule has 0 aromatic carbocycles. The molecule has 0 bridgehead atoms. The van der Waals surface area contributed by atoms with Gasteiger partial charge in [-0.05, 0) is 20.8 Å². The molecule has 0 spiro atoms. The van der Waals surface area contributed by atoms with Crippen molar-refractivity contribution >= 4 is 16.0 Å². The Kier molecular flexibility index (Phi) is 4.69. The van der Waals surface area contributed by atoms with Crippen LogP contribution in [-0.4, -0.2) is 44.0 Å². The first-order valence-electron chi connectivity index (χ1n) is 4.37. The van der Waals surface area contributed by atoms with Crippen molar-refractivity contribution < 1.29 is 23.1 Å². The Morgan fingerprint density at radius 3 is 2.33 bits per heavy atom. The first kappa shape index (κ1) is 14.3. The molecule has 90 valence electrons. The molecule has 0 amide bonds. The molecule has 0 rings (SSSR count). The SMILES string of the molecule is COC(C)(C)CS(=O)(=O)NC(C)C(=O)O. The maximum Gasteiger partial charge on any atom is 0.321 e. The largest absolute Gasteiger partial charge is 0.480 e. The number of carbonyl (C=O) groups is 1. The monoisotopic (exact) mass is 239 g/mol. The van der Waals surface area contributed by atoms with Crippen molar-refractivity contribution in [3.63, 3.8) is 0 Å². The fourth-order valence-corrected chi connectivity index (χ4v) is 2.63. The van der Waals surface area contributed by atoms with Gasteiger partial charge in [-0.1, -0.05) is 0 Å². The summed E-state index contributed by atoms with van der Waals surface area (Å²) in [5.41, 5.74) is -0.843. The summed E-state index contributed by atoms with van der Waals surface area (Å²) in [6, 6.07) is -1.14. The van der Waals surface area contributed by atoms with Crippen molar-refractivity contribution in [3.05, 3.63) is 0 Å². The van der Waals surface area contributed by atoms with Crippen LogP contribution in [0, 0.1) is 0 Å². The molecule has 15 heavy (non-hydrogen) atoms. The summed E-state index contributed by atoms with van der Waals surface area (Å²) in [6.45, 7) is 4.48. The minimum atomic E-state index is -3.65. The molecular formula is C8H17NO5S. The average Bonchev–Trinajstić information content (AvgIpc) is 2.01. The van der Waals surface area contributed by atoms with E-state index < -0.39 is 27.6 Å². The Hall–Kier alpha value is -0.660. The van der Waals surface area contributed by atoms with Gasteiger partial charge in [0.1, 0.15) is 6.04 Å². The lowest BCUT2D eigenvalue weighted by atomic mass is 10.2. The molecule has 2 N–H and O–H groups in total. The van der Waals surface area contributed by atoms with Crippen molar-refractivity contribution in [2.24, 2.45) is 0 Å². The van der Waals surface area contributed by atoms with E-state index in [1.807, 2.05) is 4.72 Å². The number of hydrogen-bond donors (Lipinski definition) is 2. The summed E-state index contributed by atoms with van der Waals surface area (Å²) in [6.07, 6.45) is 0. The molecule has 7 heteroatoms. The summed E-state index contributed by atoms with van der Waals surface area (Å²) in [7, 11) is -2.25. The molecule has 6 nitrogen and oxygen atoms in total. The van der Waals surface area contributed by atoms with Crippen LogP contribution >= 0.6 is 0 Å². The lowest BCUT2D eigenvalue weighted by molar-refractivity contribution is -0.138. The van der Waals surface area contributed by atoms with E-state index in [-0.39, 0.29) is 5.75 Å². The second-order valence-corrected chi connectivity index (χ2v) is 5.65. The van der Waals surface area contributed by atoms with Crippen LogP contribution in [0.1, 0.15) is 20.8 Å². The van der Waals surface area contributed by atoms with Crippen molar-refractivity contribution in [1.29, 1.82) is 0 Å². The van der Waals surface area contributed by atoms with Crippen molar-refractivity contribution in [3.8, 4) is 0 Å². The fourth-order valence-electron chi connectivity index (χ4n) is 0.878. The predicted molar refractivity (Wildman–Crippen MR) is 55.1 cm³/mol. The van der Waals surface area contributed by atoms with E-state index in [0.29, 0.717) is 0 Å². The normalized spacial score (nSPS) is 14.9. The quantitative estimate of drug-likeness (QED) is 0.670. The molecule has 0 aliphatic heterocycles. The second-order valence-electron chi connectivity index (χ2n) is 3.90. The fraction of sp³-hybridized carbons (Fsp3) is 0.875. The summed E-state index contributed by atoms with van der Waals surface area (Å²) in [5, 5.41) is 8.54. The van der Waals surface area contributed by atoms with Crippen LogP contribution in [-0.2, 0) is 19.6 Å². The van der Waals surface area contributed by atoms with Gasteiger partial charge >= 0.3 is 5.97 Å². The maximum atomic E-state index is 11.5. The minimum absolute atomic E-state index is 0.284. The smallest absolute Gasteiger partial charge is 0.321 e. The molecule has 1 atom stereocenters. The van der Waals surface area contributed by atoms with E-state index in [0.717, 1.165) is 0 Å². The van der Waals surface area contributed by atoms with E-state index in [2.05, 4.69) is 0 Å². The van der Waals surface area contributed by atoms with Crippen molar-refractivity contribution in [1.82, 2.24) is 4.72 Å². The molecule has 0 aliphatic carbocycles. The molecule has 0 fully saturated rings. The van der Waals surface area contributed by atoms with Crippen LogP contribution < -0.4 is 4.72 Å². The van der Waals surface area contributed by atoms with Gasteiger partial charge in [0.2, 0.25) is 10.0 Å². The molecule has 0 aromatic heterocycles. The van der Waals surface area contributed by atoms with Crippen LogP contribution in [0.2, 0.25) is 0 Å². The van der Waals surface area contributed by atoms with Gasteiger partial charge in [0.15, 0.2) is 0 Å². The highest BCUT2D eigenvalue weighted by molar-refractivity contribution is 7.89. The Labute approximate surface area is 89.7 Å². The van der Waals surface area contributed by atoms with Gasteiger partial charge in [0.25, 0.3) is 0 Å². The van der Waals surface area contributed by atoms with Gasteiger partial charge in [-0.25, -0.2) is 13.1 Å². The van der Waals surface area contributed by atoms with E-state index in [1.165, 1.54) is 14.0 Å². The van der Waals surface area contributed by atoms with Crippen molar-refractivity contribution in [2.45, 2.75) is 32.4 Å². The van der Waals surface area contributed by atoms with Crippen LogP contribution in [0.4, 0.5) is 0 Å². The molecular weight excluding hydrogens is 222 g/mol. The third-order valence-electron chi connectivity index (χ3n) is 1.82. The summed E-state index contributed by atoms with van der Waals surface area (Å²) < 4.78 is 29.9. The predicted octanol–water partition coefficient (Wildman–Crippen LogP) is -0.196. The van der Waals surface area contributed by atoms with Gasteiger partial charge in [-0.2, -0.15) is 0 Å². The molecule has 0 saturated carbocycles. The zero-order chi connectivity index (χ0) is 12.3. The highest BCUT2D eigenvalue weighted by atomic mass is 32.2.